The maximum atomic E-state index is 2.26. The molecule has 1 aromatic rings. The number of hydrogen-bond donors (Lipinski definition) is 0. The molecule has 0 N–H and O–H groups in total. The van der Waals surface area contributed by atoms with Gasteiger partial charge in [-0.3, -0.25) is 0 Å². The van der Waals surface area contributed by atoms with Gasteiger partial charge in [-0.05, 0) is 24.0 Å². The van der Waals surface area contributed by atoms with E-state index in [0.29, 0.717) is 0 Å². The Balaban J connectivity index is 2.18. The van der Waals surface area contributed by atoms with Crippen molar-refractivity contribution >= 4 is 16.7 Å². The highest BCUT2D eigenvalue weighted by Gasteiger charge is 2.24. The minimum atomic E-state index is 1.22. The van der Waals surface area contributed by atoms with Gasteiger partial charge < -0.3 is 0 Å². The van der Waals surface area contributed by atoms with Crippen LogP contribution >= 0.6 is 11.8 Å². The molecule has 1 aliphatic carbocycles. The molecular weight excluding hydrogens is 164 g/mol. The van der Waals surface area contributed by atoms with Crippen molar-refractivity contribution in [1.82, 2.24) is 0 Å². The number of benzene rings is 1. The Hall–Kier alpha value is -0.690. The van der Waals surface area contributed by atoms with E-state index in [1.165, 1.54) is 29.7 Å². The monoisotopic (exact) mass is 174 g/mol. The van der Waals surface area contributed by atoms with Crippen molar-refractivity contribution in [2.45, 2.75) is 12.8 Å². The van der Waals surface area contributed by atoms with E-state index in [1.54, 1.807) is 10.5 Å². The van der Waals surface area contributed by atoms with E-state index in [-0.39, 0.29) is 0 Å². The SMILES string of the molecule is c1ccc2c(c1)CC1=C2SCC1. The van der Waals surface area contributed by atoms with Gasteiger partial charge in [-0.2, -0.15) is 0 Å². The first kappa shape index (κ1) is 6.79. The zero-order valence-electron chi connectivity index (χ0n) is 6.84. The molecule has 0 nitrogen and oxygen atoms in total. The quantitative estimate of drug-likeness (QED) is 0.582. The van der Waals surface area contributed by atoms with Gasteiger partial charge in [-0.15, -0.1) is 11.8 Å². The minimum Gasteiger partial charge on any atom is -0.125 e. The molecule has 0 amide bonds. The normalized spacial score (nSPS) is 19.7. The van der Waals surface area contributed by atoms with Crippen LogP contribution in [0.4, 0.5) is 0 Å². The molecule has 0 atom stereocenters. The summed E-state index contributed by atoms with van der Waals surface area (Å²) in [6.07, 6.45) is 2.53. The summed E-state index contributed by atoms with van der Waals surface area (Å²) in [5.41, 5.74) is 4.73. The van der Waals surface area contributed by atoms with Crippen molar-refractivity contribution < 1.29 is 0 Å². The lowest BCUT2D eigenvalue weighted by Crippen LogP contribution is -1.85. The van der Waals surface area contributed by atoms with Crippen LogP contribution in [0.3, 0.4) is 0 Å². The lowest BCUT2D eigenvalue weighted by Gasteiger charge is -2.01. The van der Waals surface area contributed by atoms with Crippen molar-refractivity contribution in [1.29, 1.82) is 0 Å². The molecule has 0 saturated carbocycles. The van der Waals surface area contributed by atoms with Crippen molar-refractivity contribution in [2.24, 2.45) is 0 Å². The summed E-state index contributed by atoms with van der Waals surface area (Å²) in [5.74, 6) is 1.30. The third-order valence-electron chi connectivity index (χ3n) is 2.64. The molecule has 1 heteroatoms. The van der Waals surface area contributed by atoms with Crippen molar-refractivity contribution in [2.75, 3.05) is 5.75 Å². The first-order valence-electron chi connectivity index (χ1n) is 4.38. The number of allylic oxidation sites excluding steroid dienone is 1. The molecule has 2 aliphatic rings. The Morgan fingerprint density at radius 1 is 1.17 bits per heavy atom. The molecule has 0 unspecified atom stereocenters. The van der Waals surface area contributed by atoms with E-state index < -0.39 is 0 Å². The summed E-state index contributed by atoms with van der Waals surface area (Å²) in [6, 6.07) is 8.81. The Bertz CT molecular complexity index is 363. The summed E-state index contributed by atoms with van der Waals surface area (Å²) < 4.78 is 0. The van der Waals surface area contributed by atoms with Crippen LogP contribution in [0, 0.1) is 0 Å². The fraction of sp³-hybridized carbons (Fsp3) is 0.273. The maximum Gasteiger partial charge on any atom is 0.0143 e. The van der Waals surface area contributed by atoms with Crippen LogP contribution < -0.4 is 0 Å². The van der Waals surface area contributed by atoms with Crippen molar-refractivity contribution in [3.63, 3.8) is 0 Å². The second-order valence-corrected chi connectivity index (χ2v) is 4.47. The average Bonchev–Trinajstić information content (AvgIpc) is 2.62. The standard InChI is InChI=1S/C11H10S/c1-2-4-10-8(3-1)7-9-5-6-12-11(9)10/h1-4H,5-7H2. The molecule has 0 spiro atoms. The number of rotatable bonds is 0. The van der Waals surface area contributed by atoms with Crippen LogP contribution in [-0.4, -0.2) is 5.75 Å². The second kappa shape index (κ2) is 2.40. The molecule has 0 radical (unpaired) electrons. The van der Waals surface area contributed by atoms with Crippen LogP contribution in [0.1, 0.15) is 17.5 Å². The van der Waals surface area contributed by atoms with Crippen molar-refractivity contribution in [3.05, 3.63) is 41.0 Å². The molecule has 0 fully saturated rings. The summed E-state index contributed by atoms with van der Waals surface area (Å²) in [6.45, 7) is 0. The van der Waals surface area contributed by atoms with Gasteiger partial charge in [-0.1, -0.05) is 29.8 Å². The van der Waals surface area contributed by atoms with Crippen LogP contribution in [-0.2, 0) is 6.42 Å². The van der Waals surface area contributed by atoms with Gasteiger partial charge in [0.15, 0.2) is 0 Å². The van der Waals surface area contributed by atoms with Crippen LogP contribution in [0.5, 0.6) is 0 Å². The van der Waals surface area contributed by atoms with Crippen LogP contribution in [0.2, 0.25) is 0 Å². The average molecular weight is 174 g/mol. The summed E-state index contributed by atoms with van der Waals surface area (Å²) >= 11 is 2.04. The van der Waals surface area contributed by atoms with Gasteiger partial charge >= 0.3 is 0 Å². The second-order valence-electron chi connectivity index (χ2n) is 3.37. The highest BCUT2D eigenvalue weighted by molar-refractivity contribution is 8.08. The molecule has 1 aliphatic heterocycles. The third-order valence-corrected chi connectivity index (χ3v) is 3.84. The van der Waals surface area contributed by atoms with E-state index in [1.807, 2.05) is 11.8 Å². The molecule has 1 heterocycles. The van der Waals surface area contributed by atoms with Gasteiger partial charge in [0.2, 0.25) is 0 Å². The third kappa shape index (κ3) is 0.802. The predicted octanol–water partition coefficient (Wildman–Crippen LogP) is 3.09. The number of thioether (sulfide) groups is 1. The highest BCUT2D eigenvalue weighted by atomic mass is 32.2. The summed E-state index contributed by atoms with van der Waals surface area (Å²) in [4.78, 5) is 1.59. The maximum absolute atomic E-state index is 2.26. The fourth-order valence-corrected chi connectivity index (χ4v) is 3.34. The Labute approximate surface area is 76.7 Å². The van der Waals surface area contributed by atoms with Crippen molar-refractivity contribution in [3.8, 4) is 0 Å². The zero-order chi connectivity index (χ0) is 7.97. The number of fused-ring (bicyclic) bond motifs is 2. The first-order valence-corrected chi connectivity index (χ1v) is 5.37. The van der Waals surface area contributed by atoms with E-state index in [9.17, 15) is 0 Å². The lowest BCUT2D eigenvalue weighted by atomic mass is 10.1. The lowest BCUT2D eigenvalue weighted by molar-refractivity contribution is 1.06. The topological polar surface area (TPSA) is 0 Å². The van der Waals surface area contributed by atoms with E-state index in [0.717, 1.165) is 0 Å². The molecule has 12 heavy (non-hydrogen) atoms. The van der Waals surface area contributed by atoms with E-state index >= 15 is 0 Å². The smallest absolute Gasteiger partial charge is 0.0143 e. The largest absolute Gasteiger partial charge is 0.125 e. The Morgan fingerprint density at radius 3 is 3.08 bits per heavy atom. The van der Waals surface area contributed by atoms with Gasteiger partial charge in [-0.25, -0.2) is 0 Å². The molecule has 1 aromatic carbocycles. The number of hydrogen-bond acceptors (Lipinski definition) is 1. The molecule has 0 aromatic heterocycles. The zero-order valence-corrected chi connectivity index (χ0v) is 7.66. The van der Waals surface area contributed by atoms with Gasteiger partial charge in [0.05, 0.1) is 0 Å². The minimum absolute atomic E-state index is 1.22. The molecular formula is C11H10S. The van der Waals surface area contributed by atoms with Gasteiger partial charge in [0.1, 0.15) is 0 Å². The van der Waals surface area contributed by atoms with Gasteiger partial charge in [0, 0.05) is 10.7 Å². The Morgan fingerprint density at radius 2 is 2.08 bits per heavy atom. The molecule has 3 rings (SSSR count). The summed E-state index contributed by atoms with van der Waals surface area (Å²) in [7, 11) is 0. The molecule has 60 valence electrons. The Kier molecular flexibility index (Phi) is 1.36. The van der Waals surface area contributed by atoms with E-state index in [2.05, 4.69) is 24.3 Å². The van der Waals surface area contributed by atoms with E-state index in [4.69, 9.17) is 0 Å². The van der Waals surface area contributed by atoms with Crippen LogP contribution in [0.25, 0.3) is 4.91 Å². The van der Waals surface area contributed by atoms with Gasteiger partial charge in [0.25, 0.3) is 0 Å². The van der Waals surface area contributed by atoms with Crippen LogP contribution in [0.15, 0.2) is 29.8 Å². The first-order chi connectivity index (χ1) is 5.95. The molecule has 0 bridgehead atoms. The molecule has 0 saturated heterocycles. The summed E-state index contributed by atoms with van der Waals surface area (Å²) in [5, 5.41) is 0. The highest BCUT2D eigenvalue weighted by Crippen LogP contribution is 2.46. The predicted molar refractivity (Wildman–Crippen MR) is 54.1 cm³/mol. The fourth-order valence-electron chi connectivity index (χ4n) is 2.05.